The zero-order valence-electron chi connectivity index (χ0n) is 39.5. The molecule has 9 aromatic carbocycles. The molecule has 0 amide bonds. The second kappa shape index (κ2) is 17.5. The normalized spacial score (nSPS) is 11.6. The van der Waals surface area contributed by atoms with Gasteiger partial charge in [-0.25, -0.2) is 9.97 Å². The molecule has 0 radical (unpaired) electrons. The number of hydrogen-bond acceptors (Lipinski definition) is 4. The molecule has 5 aromatic heterocycles. The minimum Gasteiger partial charge on any atom is -0.294 e. The summed E-state index contributed by atoms with van der Waals surface area (Å²) in [5, 5.41) is 14.6. The van der Waals surface area contributed by atoms with Crippen molar-refractivity contribution in [3.8, 4) is 84.9 Å². The van der Waals surface area contributed by atoms with Gasteiger partial charge < -0.3 is 0 Å². The van der Waals surface area contributed by atoms with Gasteiger partial charge in [-0.15, -0.1) is 10.2 Å². The minimum absolute atomic E-state index is 0.730. The van der Waals surface area contributed by atoms with Gasteiger partial charge in [0.05, 0.1) is 33.5 Å². The van der Waals surface area contributed by atoms with Crippen LogP contribution >= 0.6 is 0 Å². The lowest BCUT2D eigenvalue weighted by Crippen LogP contribution is -2.02. The first-order valence-corrected chi connectivity index (χ1v) is 24.5. The van der Waals surface area contributed by atoms with E-state index < -0.39 is 0 Å². The van der Waals surface area contributed by atoms with Gasteiger partial charge in [-0.05, 0) is 95.1 Å². The van der Waals surface area contributed by atoms with E-state index in [1.54, 1.807) is 0 Å². The second-order valence-corrected chi connectivity index (χ2v) is 18.3. The first-order valence-electron chi connectivity index (χ1n) is 24.5. The molecule has 0 aliphatic carbocycles. The van der Waals surface area contributed by atoms with Crippen LogP contribution in [0, 0.1) is 0 Å². The fourth-order valence-electron chi connectivity index (χ4n) is 10.6. The molecule has 0 spiro atoms. The van der Waals surface area contributed by atoms with Crippen molar-refractivity contribution in [3.63, 3.8) is 0 Å². The lowest BCUT2D eigenvalue weighted by Gasteiger charge is -2.14. The monoisotopic (exact) mass is 933 g/mol. The van der Waals surface area contributed by atoms with Gasteiger partial charge in [-0.3, -0.25) is 13.7 Å². The topological polar surface area (TPSA) is 66.3 Å². The van der Waals surface area contributed by atoms with Gasteiger partial charge in [0.15, 0.2) is 11.6 Å². The Kier molecular flexibility index (Phi) is 10.0. The van der Waals surface area contributed by atoms with Crippen LogP contribution in [0.2, 0.25) is 0 Å². The molecule has 73 heavy (non-hydrogen) atoms. The third-order valence-electron chi connectivity index (χ3n) is 14.0. The SMILES string of the molecule is c1ccc(-c2cc(-c3ccccc3)nc(-n3c4ccccc4c4cc(-c5nnc(-c6ccc7c8ccccc8n(-c8cc(-c9ccccc9)cc(-c9ccccc9)n8)c7c6)n5-c5ccccc5)ccc43)c2)cc1. The van der Waals surface area contributed by atoms with E-state index in [2.05, 4.69) is 256 Å². The first kappa shape index (κ1) is 41.9. The fraction of sp³-hybridized carbons (Fsp3) is 0. The molecule has 0 unspecified atom stereocenters. The van der Waals surface area contributed by atoms with E-state index in [1.165, 1.54) is 0 Å². The quantitative estimate of drug-likeness (QED) is 0.145. The fourth-order valence-corrected chi connectivity index (χ4v) is 10.6. The summed E-state index contributed by atoms with van der Waals surface area (Å²) in [4.78, 5) is 10.8. The molecule has 5 heterocycles. The second-order valence-electron chi connectivity index (χ2n) is 18.3. The maximum absolute atomic E-state index is 5.41. The summed E-state index contributed by atoms with van der Waals surface area (Å²) in [7, 11) is 0. The molecule has 0 aliphatic heterocycles. The van der Waals surface area contributed by atoms with Crippen molar-refractivity contribution in [1.29, 1.82) is 0 Å². The Morgan fingerprint density at radius 1 is 0.233 bits per heavy atom. The van der Waals surface area contributed by atoms with E-state index >= 15 is 0 Å². The molecular weight excluding hydrogens is 891 g/mol. The van der Waals surface area contributed by atoms with Crippen molar-refractivity contribution in [1.82, 2.24) is 33.9 Å². The molecule has 0 saturated heterocycles. The lowest BCUT2D eigenvalue weighted by atomic mass is 10.0. The maximum atomic E-state index is 5.41. The van der Waals surface area contributed by atoms with Crippen molar-refractivity contribution in [2.75, 3.05) is 0 Å². The van der Waals surface area contributed by atoms with Crippen LogP contribution in [0.15, 0.2) is 261 Å². The summed E-state index contributed by atoms with van der Waals surface area (Å²) in [5.74, 6) is 3.15. The van der Waals surface area contributed by atoms with Crippen molar-refractivity contribution in [2.45, 2.75) is 0 Å². The van der Waals surface area contributed by atoms with Gasteiger partial charge in [0.2, 0.25) is 0 Å². The Labute approximate surface area is 421 Å². The summed E-state index contributed by atoms with van der Waals surface area (Å²) in [5.41, 5.74) is 15.4. The highest BCUT2D eigenvalue weighted by molar-refractivity contribution is 6.11. The largest absolute Gasteiger partial charge is 0.294 e. The number of fused-ring (bicyclic) bond motifs is 6. The Morgan fingerprint density at radius 3 is 1.16 bits per heavy atom. The van der Waals surface area contributed by atoms with E-state index in [-0.39, 0.29) is 0 Å². The highest BCUT2D eigenvalue weighted by Gasteiger charge is 2.23. The van der Waals surface area contributed by atoms with Crippen LogP contribution in [0.25, 0.3) is 128 Å². The molecule has 0 bridgehead atoms. The third kappa shape index (κ3) is 7.29. The third-order valence-corrected chi connectivity index (χ3v) is 14.0. The van der Waals surface area contributed by atoms with Gasteiger partial charge in [0.25, 0.3) is 0 Å². The summed E-state index contributed by atoms with van der Waals surface area (Å²) < 4.78 is 6.78. The van der Waals surface area contributed by atoms with E-state index in [1.807, 2.05) is 18.2 Å². The molecule has 7 heteroatoms. The zero-order valence-corrected chi connectivity index (χ0v) is 39.5. The maximum Gasteiger partial charge on any atom is 0.168 e. The van der Waals surface area contributed by atoms with Gasteiger partial charge in [-0.2, -0.15) is 0 Å². The molecule has 14 rings (SSSR count). The molecule has 342 valence electrons. The standard InChI is InChI=1S/C66H43N7/c1-6-20-44(21-7-1)50-39-57(46-24-10-3-11-25-46)67-63(42-50)72-60-33-19-17-31-54(60)56-38-48(35-37-61(56)72)65-69-70-66(71(65)52-28-14-5-15-29-52)49-34-36-55-53-30-16-18-32-59(53)73(62(55)41-49)64-43-51(45-22-8-2-9-23-45)40-58(68-64)47-26-12-4-13-27-47/h1-43H. The number of benzene rings is 9. The van der Waals surface area contributed by atoms with Crippen LogP contribution in [0.3, 0.4) is 0 Å². The average molecular weight is 934 g/mol. The Hall–Kier alpha value is -9.98. The van der Waals surface area contributed by atoms with E-state index in [4.69, 9.17) is 20.2 Å². The average Bonchev–Trinajstić information content (AvgIpc) is 4.18. The molecule has 0 N–H and O–H groups in total. The summed E-state index contributed by atoms with van der Waals surface area (Å²) in [6, 6.07) is 91.6. The molecule has 14 aromatic rings. The van der Waals surface area contributed by atoms with Gasteiger partial charge in [-0.1, -0.05) is 188 Å². The highest BCUT2D eigenvalue weighted by atomic mass is 15.3. The first-order chi connectivity index (χ1) is 36.2. The summed E-state index contributed by atoms with van der Waals surface area (Å²) in [6.07, 6.45) is 0. The number of hydrogen-bond donors (Lipinski definition) is 0. The van der Waals surface area contributed by atoms with Crippen molar-refractivity contribution in [3.05, 3.63) is 261 Å². The Bertz CT molecular complexity index is 4230. The van der Waals surface area contributed by atoms with E-state index in [0.717, 1.165) is 128 Å². The molecular formula is C66H43N7. The number of para-hydroxylation sites is 3. The van der Waals surface area contributed by atoms with E-state index in [0.29, 0.717) is 0 Å². The van der Waals surface area contributed by atoms with Crippen LogP contribution < -0.4 is 0 Å². The predicted octanol–water partition coefficient (Wildman–Crippen LogP) is 16.3. The van der Waals surface area contributed by atoms with Gasteiger partial charge in [0, 0.05) is 49.5 Å². The highest BCUT2D eigenvalue weighted by Crippen LogP contribution is 2.40. The zero-order chi connectivity index (χ0) is 48.2. The number of nitrogens with zero attached hydrogens (tertiary/aromatic N) is 7. The Balaban J connectivity index is 0.949. The van der Waals surface area contributed by atoms with Crippen molar-refractivity contribution in [2.24, 2.45) is 0 Å². The molecule has 0 atom stereocenters. The summed E-state index contributed by atoms with van der Waals surface area (Å²) in [6.45, 7) is 0. The Morgan fingerprint density at radius 2 is 0.630 bits per heavy atom. The molecule has 0 saturated carbocycles. The molecule has 7 nitrogen and oxygen atoms in total. The van der Waals surface area contributed by atoms with Crippen LogP contribution in [-0.2, 0) is 0 Å². The van der Waals surface area contributed by atoms with Crippen molar-refractivity contribution < 1.29 is 0 Å². The molecule has 0 fully saturated rings. The van der Waals surface area contributed by atoms with Crippen molar-refractivity contribution >= 4 is 43.6 Å². The number of aromatic nitrogens is 7. The van der Waals surface area contributed by atoms with Gasteiger partial charge >= 0.3 is 0 Å². The van der Waals surface area contributed by atoms with Crippen LogP contribution in [0.5, 0.6) is 0 Å². The van der Waals surface area contributed by atoms with Gasteiger partial charge in [0.1, 0.15) is 11.6 Å². The van der Waals surface area contributed by atoms with Crippen LogP contribution in [0.1, 0.15) is 0 Å². The van der Waals surface area contributed by atoms with Crippen LogP contribution in [0.4, 0.5) is 0 Å². The number of rotatable bonds is 9. The lowest BCUT2D eigenvalue weighted by molar-refractivity contribution is 1.07. The number of pyridine rings is 2. The smallest absolute Gasteiger partial charge is 0.168 e. The van der Waals surface area contributed by atoms with E-state index in [9.17, 15) is 0 Å². The van der Waals surface area contributed by atoms with Crippen LogP contribution in [-0.4, -0.2) is 33.9 Å². The molecule has 0 aliphatic rings. The predicted molar refractivity (Wildman–Crippen MR) is 298 cm³/mol. The summed E-state index contributed by atoms with van der Waals surface area (Å²) >= 11 is 0. The minimum atomic E-state index is 0.730.